The fourth-order valence-corrected chi connectivity index (χ4v) is 4.73. The van der Waals surface area contributed by atoms with Crippen molar-refractivity contribution in [2.75, 3.05) is 19.0 Å². The summed E-state index contributed by atoms with van der Waals surface area (Å²) in [5, 5.41) is 28.2. The summed E-state index contributed by atoms with van der Waals surface area (Å²) >= 11 is 0. The van der Waals surface area contributed by atoms with Gasteiger partial charge in [-0.1, -0.05) is 6.07 Å². The fraction of sp³-hybridized carbons (Fsp3) is 0.304. The predicted octanol–water partition coefficient (Wildman–Crippen LogP) is 0.730. The van der Waals surface area contributed by atoms with Crippen LogP contribution in [0, 0.1) is 5.41 Å². The summed E-state index contributed by atoms with van der Waals surface area (Å²) in [7, 11) is -3.39. The van der Waals surface area contributed by atoms with Gasteiger partial charge in [0.25, 0.3) is 10.2 Å². The molecule has 0 bridgehead atoms. The van der Waals surface area contributed by atoms with Gasteiger partial charge in [-0.05, 0) is 54.3 Å². The topological polar surface area (TPSA) is 221 Å². The van der Waals surface area contributed by atoms with Crippen molar-refractivity contribution in [1.82, 2.24) is 9.03 Å². The number of anilines is 1. The van der Waals surface area contributed by atoms with Crippen LogP contribution in [-0.4, -0.2) is 66.5 Å². The normalized spacial score (nSPS) is 14.3. The predicted molar refractivity (Wildman–Crippen MR) is 134 cm³/mol. The van der Waals surface area contributed by atoms with E-state index in [1.165, 1.54) is 18.2 Å². The van der Waals surface area contributed by atoms with E-state index in [1.807, 2.05) is 0 Å². The van der Waals surface area contributed by atoms with Gasteiger partial charge in [-0.3, -0.25) is 15.0 Å². The van der Waals surface area contributed by atoms with Crippen LogP contribution in [-0.2, 0) is 32.8 Å². The van der Waals surface area contributed by atoms with Gasteiger partial charge in [0, 0.05) is 19.3 Å². The molecule has 0 aliphatic carbocycles. The summed E-state index contributed by atoms with van der Waals surface area (Å²) in [4.78, 5) is 35.2. The Kier molecular flexibility index (Phi) is 8.88. The molecule has 1 aliphatic heterocycles. The first-order valence-electron chi connectivity index (χ1n) is 11.3. The van der Waals surface area contributed by atoms with Gasteiger partial charge in [0.05, 0.1) is 18.6 Å². The summed E-state index contributed by atoms with van der Waals surface area (Å²) in [6.45, 7) is -0.0207. The third kappa shape index (κ3) is 7.18. The minimum absolute atomic E-state index is 0.116. The SMILES string of the molecule is CN([C@@H](CC(=O)O)C(=O)O)S(=O)(=O)NCc1ccc2c(c1)OCCCc1cc(NC(=N)N)ccc1C(=O)O2. The van der Waals surface area contributed by atoms with Crippen LogP contribution in [0.25, 0.3) is 0 Å². The molecule has 1 heterocycles. The van der Waals surface area contributed by atoms with E-state index >= 15 is 0 Å². The molecule has 2 aromatic rings. The molecule has 0 radical (unpaired) electrons. The molecule has 0 saturated carbocycles. The van der Waals surface area contributed by atoms with Crippen molar-refractivity contribution in [2.24, 2.45) is 5.73 Å². The van der Waals surface area contributed by atoms with Crippen molar-refractivity contribution in [3.05, 3.63) is 53.1 Å². The number of rotatable bonds is 9. The number of carboxylic acids is 2. The summed E-state index contributed by atoms with van der Waals surface area (Å²) in [5.41, 5.74) is 7.36. The van der Waals surface area contributed by atoms with Crippen molar-refractivity contribution >= 4 is 39.8 Å². The highest BCUT2D eigenvalue weighted by atomic mass is 32.2. The molecule has 1 atom stereocenters. The Morgan fingerprint density at radius 3 is 2.58 bits per heavy atom. The Hall–Kier alpha value is -4.21. The molecule has 1 aliphatic rings. The highest BCUT2D eigenvalue weighted by Crippen LogP contribution is 2.31. The molecule has 3 rings (SSSR count). The smallest absolute Gasteiger partial charge is 0.343 e. The monoisotopic (exact) mass is 549 g/mol. The van der Waals surface area contributed by atoms with E-state index in [1.54, 1.807) is 18.2 Å². The Bertz CT molecular complexity index is 1360. The van der Waals surface area contributed by atoms with Crippen LogP contribution in [0.15, 0.2) is 36.4 Å². The number of hydrogen-bond donors (Lipinski definition) is 6. The first-order valence-corrected chi connectivity index (χ1v) is 12.7. The largest absolute Gasteiger partial charge is 0.490 e. The highest BCUT2D eigenvalue weighted by molar-refractivity contribution is 7.87. The van der Waals surface area contributed by atoms with Gasteiger partial charge in [-0.2, -0.15) is 17.4 Å². The zero-order chi connectivity index (χ0) is 28.0. The van der Waals surface area contributed by atoms with Gasteiger partial charge in [-0.15, -0.1) is 0 Å². The molecular weight excluding hydrogens is 522 g/mol. The van der Waals surface area contributed by atoms with Crippen LogP contribution in [0.3, 0.4) is 0 Å². The molecule has 2 aromatic carbocycles. The van der Waals surface area contributed by atoms with Crippen LogP contribution in [0.5, 0.6) is 11.5 Å². The van der Waals surface area contributed by atoms with E-state index in [4.69, 9.17) is 25.7 Å². The fourth-order valence-electron chi connectivity index (χ4n) is 3.67. The molecule has 0 amide bonds. The minimum Gasteiger partial charge on any atom is -0.490 e. The van der Waals surface area contributed by atoms with Crippen molar-refractivity contribution in [2.45, 2.75) is 31.8 Å². The molecule has 14 nitrogen and oxygen atoms in total. The molecule has 0 saturated heterocycles. The number of aryl methyl sites for hydroxylation is 1. The van der Waals surface area contributed by atoms with E-state index < -0.39 is 40.6 Å². The number of nitrogens with two attached hydrogens (primary N) is 1. The number of likely N-dealkylation sites (N-methyl/N-ethyl adjacent to an activating group) is 1. The van der Waals surface area contributed by atoms with Crippen LogP contribution < -0.4 is 25.2 Å². The van der Waals surface area contributed by atoms with Gasteiger partial charge in [0.15, 0.2) is 17.5 Å². The van der Waals surface area contributed by atoms with Crippen LogP contribution in [0.2, 0.25) is 0 Å². The Morgan fingerprint density at radius 2 is 1.92 bits per heavy atom. The molecule has 38 heavy (non-hydrogen) atoms. The molecule has 7 N–H and O–H groups in total. The lowest BCUT2D eigenvalue weighted by molar-refractivity contribution is -0.147. The molecule has 0 unspecified atom stereocenters. The number of nitrogens with one attached hydrogen (secondary N) is 3. The van der Waals surface area contributed by atoms with Gasteiger partial charge in [0.2, 0.25) is 0 Å². The van der Waals surface area contributed by atoms with Gasteiger partial charge < -0.3 is 30.7 Å². The van der Waals surface area contributed by atoms with E-state index in [9.17, 15) is 27.9 Å². The van der Waals surface area contributed by atoms with Crippen LogP contribution in [0.4, 0.5) is 5.69 Å². The number of hydrogen-bond acceptors (Lipinski definition) is 8. The van der Waals surface area contributed by atoms with E-state index in [0.717, 1.165) is 7.05 Å². The second-order valence-corrected chi connectivity index (χ2v) is 10.1. The Balaban J connectivity index is 1.77. The molecule has 15 heteroatoms. The molecule has 0 spiro atoms. The quantitative estimate of drug-likeness (QED) is 0.111. The number of ether oxygens (including phenoxy) is 2. The van der Waals surface area contributed by atoms with Crippen molar-refractivity contribution < 1.29 is 42.5 Å². The molecule has 0 fully saturated rings. The summed E-state index contributed by atoms with van der Waals surface area (Å²) in [6, 6.07) is 7.50. The molecule has 204 valence electrons. The van der Waals surface area contributed by atoms with Gasteiger partial charge >= 0.3 is 17.9 Å². The zero-order valence-electron chi connectivity index (χ0n) is 20.3. The van der Waals surface area contributed by atoms with Crippen molar-refractivity contribution in [3.63, 3.8) is 0 Å². The summed E-state index contributed by atoms with van der Waals surface area (Å²) < 4.78 is 39.1. The number of guanidine groups is 1. The lowest BCUT2D eigenvalue weighted by Crippen LogP contribution is -2.48. The number of carbonyl (C=O) groups is 3. The number of benzene rings is 2. The van der Waals surface area contributed by atoms with E-state index in [-0.39, 0.29) is 30.6 Å². The third-order valence-electron chi connectivity index (χ3n) is 5.59. The lowest BCUT2D eigenvalue weighted by Gasteiger charge is -2.23. The maximum absolute atomic E-state index is 12.9. The number of fused-ring (bicyclic) bond motifs is 2. The average molecular weight is 550 g/mol. The van der Waals surface area contributed by atoms with E-state index in [2.05, 4.69) is 10.0 Å². The zero-order valence-corrected chi connectivity index (χ0v) is 21.1. The van der Waals surface area contributed by atoms with Crippen LogP contribution >= 0.6 is 0 Å². The van der Waals surface area contributed by atoms with Gasteiger partial charge in [-0.25, -0.2) is 4.79 Å². The number of esters is 1. The standard InChI is InChI=1S/C23H27N5O9S/c1-28(17(21(31)32)11-20(29)30)38(34,35)26-12-13-4-7-18-19(9-13)36-8-2-3-14-10-15(27-23(24)25)5-6-16(14)22(33)37-18/h4-7,9-10,17,26H,2-3,8,11-12H2,1H3,(H,29,30)(H,31,32)(H4,24,25,27)/t17-/m0/s1. The van der Waals surface area contributed by atoms with Crippen molar-refractivity contribution in [1.29, 1.82) is 5.41 Å². The Morgan fingerprint density at radius 1 is 1.18 bits per heavy atom. The van der Waals surface area contributed by atoms with Crippen LogP contribution in [0.1, 0.15) is 34.3 Å². The summed E-state index contributed by atoms with van der Waals surface area (Å²) in [5.74, 6) is -3.61. The number of nitrogens with zero attached hydrogens (tertiary/aromatic N) is 1. The number of carboxylic acid groups (broad SMARTS) is 2. The number of carbonyl (C=O) groups excluding carboxylic acids is 1. The molecular formula is C23H27N5O9S. The lowest BCUT2D eigenvalue weighted by atomic mass is 10.0. The first-order chi connectivity index (χ1) is 17.9. The van der Waals surface area contributed by atoms with Gasteiger partial charge in [0.1, 0.15) is 6.04 Å². The average Bonchev–Trinajstić information content (AvgIpc) is 2.83. The first kappa shape index (κ1) is 28.4. The maximum Gasteiger partial charge on any atom is 0.343 e. The van der Waals surface area contributed by atoms with Crippen molar-refractivity contribution in [3.8, 4) is 11.5 Å². The Labute approximate surface area is 218 Å². The second kappa shape index (κ2) is 11.9. The minimum atomic E-state index is -4.36. The summed E-state index contributed by atoms with van der Waals surface area (Å²) in [6.07, 6.45) is 0.0909. The third-order valence-corrected chi connectivity index (χ3v) is 7.11. The second-order valence-electron chi connectivity index (χ2n) is 8.33. The number of aliphatic carboxylic acids is 2. The molecule has 0 aromatic heterocycles. The van der Waals surface area contributed by atoms with E-state index in [0.29, 0.717) is 39.5 Å². The highest BCUT2D eigenvalue weighted by Gasteiger charge is 2.33. The maximum atomic E-state index is 12.9.